The molecule has 11 heavy (non-hydrogen) atoms. The summed E-state index contributed by atoms with van der Waals surface area (Å²) in [6, 6.07) is 2.42. The number of aryl methyl sites for hydroxylation is 1. The molecule has 0 aliphatic carbocycles. The highest BCUT2D eigenvalue weighted by atomic mass is 79.9. The van der Waals surface area contributed by atoms with Crippen molar-refractivity contribution >= 4 is 27.3 Å². The van der Waals surface area contributed by atoms with Crippen LogP contribution in [0.15, 0.2) is 10.5 Å². The van der Waals surface area contributed by atoms with E-state index in [1.54, 1.807) is 0 Å². The van der Waals surface area contributed by atoms with Crippen LogP contribution in [0.2, 0.25) is 0 Å². The van der Waals surface area contributed by atoms with Gasteiger partial charge in [0.15, 0.2) is 0 Å². The van der Waals surface area contributed by atoms with Crippen molar-refractivity contribution in [3.8, 4) is 0 Å². The summed E-state index contributed by atoms with van der Waals surface area (Å²) in [6.07, 6.45) is 0.983. The van der Waals surface area contributed by atoms with Gasteiger partial charge in [0, 0.05) is 20.3 Å². The minimum atomic E-state index is 0.264. The van der Waals surface area contributed by atoms with Crippen molar-refractivity contribution in [2.75, 3.05) is 0 Å². The third-order valence-corrected chi connectivity index (χ3v) is 3.59. The molecule has 1 nitrogen and oxygen atoms in total. The van der Waals surface area contributed by atoms with Gasteiger partial charge in [0.2, 0.25) is 0 Å². The fraction of sp³-hybridized carbons (Fsp3) is 0.500. The van der Waals surface area contributed by atoms with Crippen LogP contribution >= 0.6 is 27.3 Å². The SMILES string of the molecule is Cc1sc(CC(C)N)cc1Br. The molecule has 0 bridgehead atoms. The van der Waals surface area contributed by atoms with E-state index in [2.05, 4.69) is 28.9 Å². The monoisotopic (exact) mass is 233 g/mol. The molecule has 1 atom stereocenters. The van der Waals surface area contributed by atoms with E-state index < -0.39 is 0 Å². The maximum atomic E-state index is 5.68. The Morgan fingerprint density at radius 2 is 2.36 bits per heavy atom. The maximum Gasteiger partial charge on any atom is 0.0314 e. The zero-order chi connectivity index (χ0) is 8.43. The van der Waals surface area contributed by atoms with Crippen molar-refractivity contribution < 1.29 is 0 Å². The molecule has 0 saturated carbocycles. The van der Waals surface area contributed by atoms with Gasteiger partial charge in [0.25, 0.3) is 0 Å². The number of thiophene rings is 1. The Labute approximate surface area is 79.7 Å². The molecule has 1 aromatic rings. The van der Waals surface area contributed by atoms with Gasteiger partial charge in [-0.3, -0.25) is 0 Å². The van der Waals surface area contributed by atoms with Crippen molar-refractivity contribution in [1.29, 1.82) is 0 Å². The fourth-order valence-electron chi connectivity index (χ4n) is 0.936. The molecular weight excluding hydrogens is 222 g/mol. The predicted molar refractivity (Wildman–Crippen MR) is 54.1 cm³/mol. The van der Waals surface area contributed by atoms with E-state index >= 15 is 0 Å². The third-order valence-electron chi connectivity index (χ3n) is 1.43. The van der Waals surface area contributed by atoms with E-state index in [0.717, 1.165) is 6.42 Å². The van der Waals surface area contributed by atoms with Crippen molar-refractivity contribution in [2.45, 2.75) is 26.3 Å². The molecule has 1 heterocycles. The number of hydrogen-bond donors (Lipinski definition) is 1. The van der Waals surface area contributed by atoms with Crippen LogP contribution in [0.5, 0.6) is 0 Å². The van der Waals surface area contributed by atoms with Gasteiger partial charge < -0.3 is 5.73 Å². The molecule has 1 aromatic heterocycles. The highest BCUT2D eigenvalue weighted by Gasteiger charge is 2.03. The Hall–Kier alpha value is 0.140. The van der Waals surface area contributed by atoms with Gasteiger partial charge in [-0.25, -0.2) is 0 Å². The topological polar surface area (TPSA) is 26.0 Å². The molecule has 0 aliphatic rings. The first-order valence-electron chi connectivity index (χ1n) is 3.60. The zero-order valence-corrected chi connectivity index (χ0v) is 9.13. The molecule has 0 saturated heterocycles. The van der Waals surface area contributed by atoms with Gasteiger partial charge >= 0.3 is 0 Å². The Balaban J connectivity index is 2.73. The summed E-state index contributed by atoms with van der Waals surface area (Å²) in [5.41, 5.74) is 5.68. The van der Waals surface area contributed by atoms with E-state index in [9.17, 15) is 0 Å². The smallest absolute Gasteiger partial charge is 0.0314 e. The molecule has 0 aliphatic heterocycles. The fourth-order valence-corrected chi connectivity index (χ4v) is 2.68. The summed E-state index contributed by atoms with van der Waals surface area (Å²) >= 11 is 5.29. The van der Waals surface area contributed by atoms with Gasteiger partial charge in [-0.2, -0.15) is 0 Å². The Kier molecular flexibility index (Phi) is 3.10. The van der Waals surface area contributed by atoms with E-state index in [0.29, 0.717) is 0 Å². The Bertz CT molecular complexity index is 223. The Morgan fingerprint density at radius 3 is 2.73 bits per heavy atom. The summed E-state index contributed by atoms with van der Waals surface area (Å²) in [4.78, 5) is 2.70. The van der Waals surface area contributed by atoms with Crippen molar-refractivity contribution in [3.05, 3.63) is 20.3 Å². The minimum absolute atomic E-state index is 0.264. The zero-order valence-electron chi connectivity index (χ0n) is 6.73. The van der Waals surface area contributed by atoms with Crippen LogP contribution in [0, 0.1) is 6.92 Å². The standard InChI is InChI=1S/C8H12BrNS/c1-5(10)3-7-4-8(9)6(2)11-7/h4-5H,3,10H2,1-2H3. The van der Waals surface area contributed by atoms with Gasteiger partial charge in [-0.05, 0) is 42.3 Å². The van der Waals surface area contributed by atoms with Crippen LogP contribution in [0.4, 0.5) is 0 Å². The van der Waals surface area contributed by atoms with Crippen LogP contribution in [0.1, 0.15) is 16.7 Å². The average molecular weight is 234 g/mol. The van der Waals surface area contributed by atoms with Crippen molar-refractivity contribution in [1.82, 2.24) is 0 Å². The molecule has 62 valence electrons. The first-order chi connectivity index (χ1) is 5.09. The molecule has 0 amide bonds. The Morgan fingerprint density at radius 1 is 1.73 bits per heavy atom. The molecule has 1 rings (SSSR count). The van der Waals surface area contributed by atoms with E-state index in [1.165, 1.54) is 14.2 Å². The second-order valence-electron chi connectivity index (χ2n) is 2.80. The molecule has 0 spiro atoms. The minimum Gasteiger partial charge on any atom is -0.328 e. The maximum absolute atomic E-state index is 5.68. The average Bonchev–Trinajstić information content (AvgIpc) is 2.10. The van der Waals surface area contributed by atoms with Crippen LogP contribution in [0.3, 0.4) is 0 Å². The third kappa shape index (κ3) is 2.58. The number of hydrogen-bond acceptors (Lipinski definition) is 2. The lowest BCUT2D eigenvalue weighted by Crippen LogP contribution is -2.16. The summed E-state index contributed by atoms with van der Waals surface area (Å²) in [5, 5.41) is 0. The first-order valence-corrected chi connectivity index (χ1v) is 5.21. The highest BCUT2D eigenvalue weighted by molar-refractivity contribution is 9.10. The molecule has 1 unspecified atom stereocenters. The summed E-state index contributed by atoms with van der Waals surface area (Å²) < 4.78 is 1.21. The summed E-state index contributed by atoms with van der Waals surface area (Å²) in [5.74, 6) is 0. The molecule has 0 radical (unpaired) electrons. The second kappa shape index (κ2) is 3.70. The van der Waals surface area contributed by atoms with Crippen molar-refractivity contribution in [2.24, 2.45) is 5.73 Å². The van der Waals surface area contributed by atoms with Gasteiger partial charge in [-0.1, -0.05) is 0 Å². The summed E-state index contributed by atoms with van der Waals surface area (Å²) in [6.45, 7) is 4.14. The summed E-state index contributed by atoms with van der Waals surface area (Å²) in [7, 11) is 0. The lowest BCUT2D eigenvalue weighted by atomic mass is 10.2. The van der Waals surface area contributed by atoms with E-state index in [4.69, 9.17) is 5.73 Å². The van der Waals surface area contributed by atoms with Gasteiger partial charge in [-0.15, -0.1) is 11.3 Å². The van der Waals surface area contributed by atoms with Crippen LogP contribution in [-0.4, -0.2) is 6.04 Å². The van der Waals surface area contributed by atoms with Crippen LogP contribution < -0.4 is 5.73 Å². The highest BCUT2D eigenvalue weighted by Crippen LogP contribution is 2.26. The molecule has 2 N–H and O–H groups in total. The second-order valence-corrected chi connectivity index (χ2v) is 4.99. The molecule has 0 fully saturated rings. The first kappa shape index (κ1) is 9.23. The molecule has 0 aromatic carbocycles. The van der Waals surface area contributed by atoms with Gasteiger partial charge in [0.1, 0.15) is 0 Å². The van der Waals surface area contributed by atoms with E-state index in [1.807, 2.05) is 18.3 Å². The largest absolute Gasteiger partial charge is 0.328 e. The molecular formula is C8H12BrNS. The van der Waals surface area contributed by atoms with Crippen molar-refractivity contribution in [3.63, 3.8) is 0 Å². The van der Waals surface area contributed by atoms with Gasteiger partial charge in [0.05, 0.1) is 0 Å². The lowest BCUT2D eigenvalue weighted by molar-refractivity contribution is 0.746. The number of rotatable bonds is 2. The van der Waals surface area contributed by atoms with Crippen LogP contribution in [-0.2, 0) is 6.42 Å². The normalized spacial score (nSPS) is 13.5. The molecule has 3 heteroatoms. The van der Waals surface area contributed by atoms with Crippen LogP contribution in [0.25, 0.3) is 0 Å². The number of halogens is 1. The number of nitrogens with two attached hydrogens (primary N) is 1. The quantitative estimate of drug-likeness (QED) is 0.836. The predicted octanol–water partition coefficient (Wildman–Crippen LogP) is 2.71. The lowest BCUT2D eigenvalue weighted by Gasteiger charge is -1.99. The van der Waals surface area contributed by atoms with E-state index in [-0.39, 0.29) is 6.04 Å².